The van der Waals surface area contributed by atoms with Gasteiger partial charge < -0.3 is 10.6 Å². The average molecular weight is 212 g/mol. The summed E-state index contributed by atoms with van der Waals surface area (Å²) in [5.74, 6) is 2.79. The van der Waals surface area contributed by atoms with Gasteiger partial charge in [0.15, 0.2) is 0 Å². The van der Waals surface area contributed by atoms with E-state index in [1.807, 2.05) is 0 Å². The molecule has 2 heteroatoms. The van der Waals surface area contributed by atoms with Crippen LogP contribution in [0.1, 0.15) is 39.5 Å². The largest absolute Gasteiger partial charge is 0.330 e. The summed E-state index contributed by atoms with van der Waals surface area (Å²) < 4.78 is 0. The van der Waals surface area contributed by atoms with Crippen molar-refractivity contribution in [1.29, 1.82) is 0 Å². The maximum absolute atomic E-state index is 5.54. The fourth-order valence-corrected chi connectivity index (χ4v) is 2.28. The second-order valence-corrected chi connectivity index (χ2v) is 5.56. The summed E-state index contributed by atoms with van der Waals surface area (Å²) in [5.41, 5.74) is 5.54. The predicted molar refractivity (Wildman–Crippen MR) is 66.8 cm³/mol. The van der Waals surface area contributed by atoms with Crippen molar-refractivity contribution in [1.82, 2.24) is 4.90 Å². The van der Waals surface area contributed by atoms with Gasteiger partial charge in [0.1, 0.15) is 0 Å². The predicted octanol–water partition coefficient (Wildman–Crippen LogP) is 2.34. The van der Waals surface area contributed by atoms with Gasteiger partial charge in [0.05, 0.1) is 0 Å². The van der Waals surface area contributed by atoms with Gasteiger partial charge in [-0.3, -0.25) is 0 Å². The first-order chi connectivity index (χ1) is 7.13. The molecular formula is C13H28N2. The fraction of sp³-hybridized carbons (Fsp3) is 1.00. The van der Waals surface area contributed by atoms with Crippen LogP contribution < -0.4 is 5.73 Å². The van der Waals surface area contributed by atoms with Crippen LogP contribution in [-0.2, 0) is 0 Å². The standard InChI is InChI=1S/C13H28N2/c1-11(6-7-14)5-4-8-15(3)10-13-9-12(13)2/h11-13H,4-10,14H2,1-3H3. The van der Waals surface area contributed by atoms with E-state index in [1.165, 1.54) is 38.8 Å². The van der Waals surface area contributed by atoms with Crippen LogP contribution in [0.25, 0.3) is 0 Å². The van der Waals surface area contributed by atoms with Gasteiger partial charge in [-0.15, -0.1) is 0 Å². The molecule has 0 aromatic carbocycles. The summed E-state index contributed by atoms with van der Waals surface area (Å²) in [6, 6.07) is 0. The van der Waals surface area contributed by atoms with Crippen molar-refractivity contribution in [2.24, 2.45) is 23.5 Å². The van der Waals surface area contributed by atoms with E-state index in [1.54, 1.807) is 0 Å². The molecule has 90 valence electrons. The van der Waals surface area contributed by atoms with E-state index < -0.39 is 0 Å². The van der Waals surface area contributed by atoms with Gasteiger partial charge >= 0.3 is 0 Å². The molecule has 0 aromatic heterocycles. The molecule has 1 aliphatic carbocycles. The van der Waals surface area contributed by atoms with Gasteiger partial charge in [-0.25, -0.2) is 0 Å². The zero-order chi connectivity index (χ0) is 11.3. The Labute approximate surface area is 95.2 Å². The Morgan fingerprint density at radius 3 is 2.60 bits per heavy atom. The van der Waals surface area contributed by atoms with Crippen molar-refractivity contribution in [3.05, 3.63) is 0 Å². The maximum Gasteiger partial charge on any atom is 0.000926 e. The molecule has 0 heterocycles. The zero-order valence-corrected chi connectivity index (χ0v) is 10.7. The average Bonchev–Trinajstić information content (AvgIpc) is 2.82. The van der Waals surface area contributed by atoms with Gasteiger partial charge in [-0.1, -0.05) is 13.8 Å². The summed E-state index contributed by atoms with van der Waals surface area (Å²) in [7, 11) is 2.26. The molecule has 0 amide bonds. The zero-order valence-electron chi connectivity index (χ0n) is 10.7. The van der Waals surface area contributed by atoms with Crippen molar-refractivity contribution < 1.29 is 0 Å². The van der Waals surface area contributed by atoms with Crippen molar-refractivity contribution in [3.63, 3.8) is 0 Å². The van der Waals surface area contributed by atoms with Gasteiger partial charge in [0, 0.05) is 6.54 Å². The Balaban J connectivity index is 1.94. The minimum Gasteiger partial charge on any atom is -0.330 e. The van der Waals surface area contributed by atoms with E-state index in [9.17, 15) is 0 Å². The van der Waals surface area contributed by atoms with Crippen molar-refractivity contribution in [2.45, 2.75) is 39.5 Å². The molecule has 15 heavy (non-hydrogen) atoms. The Morgan fingerprint density at radius 2 is 2.07 bits per heavy atom. The monoisotopic (exact) mass is 212 g/mol. The molecular weight excluding hydrogens is 184 g/mol. The van der Waals surface area contributed by atoms with Crippen LogP contribution in [0.15, 0.2) is 0 Å². The first-order valence-electron chi connectivity index (χ1n) is 6.52. The normalized spacial score (nSPS) is 27.0. The molecule has 1 rings (SSSR count). The highest BCUT2D eigenvalue weighted by atomic mass is 15.1. The lowest BCUT2D eigenvalue weighted by Crippen LogP contribution is -2.23. The molecule has 0 radical (unpaired) electrons. The lowest BCUT2D eigenvalue weighted by molar-refractivity contribution is 0.297. The highest BCUT2D eigenvalue weighted by Crippen LogP contribution is 2.37. The molecule has 0 spiro atoms. The van der Waals surface area contributed by atoms with Crippen LogP contribution in [0.3, 0.4) is 0 Å². The molecule has 0 aromatic rings. The van der Waals surface area contributed by atoms with Crippen LogP contribution >= 0.6 is 0 Å². The van der Waals surface area contributed by atoms with Crippen LogP contribution in [0, 0.1) is 17.8 Å². The molecule has 3 atom stereocenters. The molecule has 2 N–H and O–H groups in total. The topological polar surface area (TPSA) is 29.3 Å². The molecule has 3 unspecified atom stereocenters. The third kappa shape index (κ3) is 5.53. The van der Waals surface area contributed by atoms with E-state index in [-0.39, 0.29) is 0 Å². The number of nitrogens with zero attached hydrogens (tertiary/aromatic N) is 1. The van der Waals surface area contributed by atoms with Gasteiger partial charge in [-0.2, -0.15) is 0 Å². The lowest BCUT2D eigenvalue weighted by Gasteiger charge is -2.17. The van der Waals surface area contributed by atoms with Crippen molar-refractivity contribution in [2.75, 3.05) is 26.7 Å². The Kier molecular flexibility index (Phi) is 5.62. The third-order valence-electron chi connectivity index (χ3n) is 3.72. The van der Waals surface area contributed by atoms with E-state index in [2.05, 4.69) is 25.8 Å². The summed E-state index contributed by atoms with van der Waals surface area (Å²) in [5, 5.41) is 0. The van der Waals surface area contributed by atoms with Gasteiger partial charge in [0.25, 0.3) is 0 Å². The SMILES string of the molecule is CC(CCN)CCCN(C)CC1CC1C. The van der Waals surface area contributed by atoms with E-state index in [0.29, 0.717) is 0 Å². The minimum atomic E-state index is 0.809. The Morgan fingerprint density at radius 1 is 1.40 bits per heavy atom. The van der Waals surface area contributed by atoms with Gasteiger partial charge in [-0.05, 0) is 63.6 Å². The smallest absolute Gasteiger partial charge is 0.000926 e. The highest BCUT2D eigenvalue weighted by molar-refractivity contribution is 4.84. The number of hydrogen-bond acceptors (Lipinski definition) is 2. The van der Waals surface area contributed by atoms with Crippen LogP contribution in [-0.4, -0.2) is 31.6 Å². The molecule has 0 aliphatic heterocycles. The van der Waals surface area contributed by atoms with E-state index in [4.69, 9.17) is 5.73 Å². The number of nitrogens with two attached hydrogens (primary N) is 1. The van der Waals surface area contributed by atoms with Crippen LogP contribution in [0.5, 0.6) is 0 Å². The van der Waals surface area contributed by atoms with Gasteiger partial charge in [0.2, 0.25) is 0 Å². The first kappa shape index (κ1) is 13.0. The van der Waals surface area contributed by atoms with Crippen molar-refractivity contribution in [3.8, 4) is 0 Å². The molecule has 0 bridgehead atoms. The summed E-state index contributed by atoms with van der Waals surface area (Å²) >= 11 is 0. The number of rotatable bonds is 8. The number of hydrogen-bond donors (Lipinski definition) is 1. The lowest BCUT2D eigenvalue weighted by atomic mass is 10.0. The maximum atomic E-state index is 5.54. The first-order valence-corrected chi connectivity index (χ1v) is 6.52. The second kappa shape index (κ2) is 6.49. The van der Waals surface area contributed by atoms with Crippen molar-refractivity contribution >= 4 is 0 Å². The minimum absolute atomic E-state index is 0.809. The molecule has 1 fully saturated rings. The molecule has 1 aliphatic rings. The van der Waals surface area contributed by atoms with E-state index >= 15 is 0 Å². The summed E-state index contributed by atoms with van der Waals surface area (Å²) in [6.07, 6.45) is 5.30. The summed E-state index contributed by atoms with van der Waals surface area (Å²) in [4.78, 5) is 2.50. The third-order valence-corrected chi connectivity index (χ3v) is 3.72. The van der Waals surface area contributed by atoms with E-state index in [0.717, 1.165) is 24.3 Å². The highest BCUT2D eigenvalue weighted by Gasteiger charge is 2.32. The van der Waals surface area contributed by atoms with Crippen LogP contribution in [0.2, 0.25) is 0 Å². The second-order valence-electron chi connectivity index (χ2n) is 5.56. The molecule has 0 saturated heterocycles. The summed E-state index contributed by atoms with van der Waals surface area (Å²) in [6.45, 7) is 8.10. The molecule has 1 saturated carbocycles. The Hall–Kier alpha value is -0.0800. The quantitative estimate of drug-likeness (QED) is 0.669. The Bertz CT molecular complexity index is 170. The fourth-order valence-electron chi connectivity index (χ4n) is 2.28. The van der Waals surface area contributed by atoms with Crippen LogP contribution in [0.4, 0.5) is 0 Å². The molecule has 2 nitrogen and oxygen atoms in total.